The molecule has 1 N–H and O–H groups in total. The van der Waals surface area contributed by atoms with Crippen LogP contribution in [0, 0.1) is 0 Å². The molecule has 0 amide bonds. The molecule has 136 valence electrons. The second kappa shape index (κ2) is 9.23. The van der Waals surface area contributed by atoms with Gasteiger partial charge in [-0.2, -0.15) is 0 Å². The number of halogens is 1. The molecule has 3 nitrogen and oxygen atoms in total. The summed E-state index contributed by atoms with van der Waals surface area (Å²) < 4.78 is 5.83. The second-order valence-corrected chi connectivity index (χ2v) is 7.59. The van der Waals surface area contributed by atoms with Crippen molar-refractivity contribution in [2.75, 3.05) is 19.0 Å². The van der Waals surface area contributed by atoms with Crippen LogP contribution < -0.4 is 4.74 Å². The Bertz CT molecular complexity index is 623. The molecule has 1 unspecified atom stereocenters. The summed E-state index contributed by atoms with van der Waals surface area (Å²) in [4.78, 5) is 2.17. The summed E-state index contributed by atoms with van der Waals surface area (Å²) in [6.45, 7) is 8.10. The van der Waals surface area contributed by atoms with E-state index in [9.17, 15) is 5.11 Å². The molecule has 0 aliphatic rings. The lowest BCUT2D eigenvalue weighted by atomic mass is 10.1. The normalized spacial score (nSPS) is 13.0. The van der Waals surface area contributed by atoms with Gasteiger partial charge in [-0.05, 0) is 44.0 Å². The van der Waals surface area contributed by atoms with Crippen LogP contribution in [0.2, 0.25) is 0 Å². The monoisotopic (exact) mass is 361 g/mol. The van der Waals surface area contributed by atoms with E-state index in [0.29, 0.717) is 12.4 Å². The molecular weight excluding hydrogens is 334 g/mol. The topological polar surface area (TPSA) is 32.7 Å². The molecule has 0 aromatic heterocycles. The molecule has 0 aliphatic carbocycles. The van der Waals surface area contributed by atoms with Gasteiger partial charge in [0.2, 0.25) is 0 Å². The molecule has 0 aliphatic heterocycles. The third kappa shape index (κ3) is 7.07. The van der Waals surface area contributed by atoms with Crippen molar-refractivity contribution in [1.29, 1.82) is 0 Å². The number of hydrogen-bond acceptors (Lipinski definition) is 3. The SMILES string of the molecule is CC(C)(C)Oc1ccc(C(O)CN(CCCl)Cc2ccccc2)cc1. The largest absolute Gasteiger partial charge is 0.488 e. The summed E-state index contributed by atoms with van der Waals surface area (Å²) >= 11 is 5.93. The van der Waals surface area contributed by atoms with Crippen LogP contribution in [0.15, 0.2) is 54.6 Å². The molecule has 2 rings (SSSR count). The van der Waals surface area contributed by atoms with E-state index >= 15 is 0 Å². The average Bonchev–Trinajstić information content (AvgIpc) is 2.55. The van der Waals surface area contributed by atoms with Crippen LogP contribution in [-0.4, -0.2) is 34.6 Å². The van der Waals surface area contributed by atoms with Crippen LogP contribution in [0.5, 0.6) is 5.75 Å². The lowest BCUT2D eigenvalue weighted by Gasteiger charge is -2.25. The minimum absolute atomic E-state index is 0.229. The smallest absolute Gasteiger partial charge is 0.120 e. The van der Waals surface area contributed by atoms with E-state index in [0.717, 1.165) is 24.4 Å². The van der Waals surface area contributed by atoms with E-state index in [2.05, 4.69) is 17.0 Å². The van der Waals surface area contributed by atoms with Gasteiger partial charge in [-0.25, -0.2) is 0 Å². The number of aliphatic hydroxyl groups is 1. The predicted molar refractivity (Wildman–Crippen MR) is 104 cm³/mol. The van der Waals surface area contributed by atoms with Gasteiger partial charge in [0.1, 0.15) is 11.4 Å². The van der Waals surface area contributed by atoms with E-state index in [4.69, 9.17) is 16.3 Å². The van der Waals surface area contributed by atoms with Crippen molar-refractivity contribution in [1.82, 2.24) is 4.90 Å². The summed E-state index contributed by atoms with van der Waals surface area (Å²) in [6, 6.07) is 17.9. The van der Waals surface area contributed by atoms with E-state index in [1.165, 1.54) is 5.56 Å². The van der Waals surface area contributed by atoms with Crippen LogP contribution in [0.3, 0.4) is 0 Å². The first-order valence-corrected chi connectivity index (χ1v) is 9.20. The molecule has 0 radical (unpaired) electrons. The third-order valence-electron chi connectivity index (χ3n) is 3.77. The average molecular weight is 362 g/mol. The first-order chi connectivity index (χ1) is 11.9. The maximum absolute atomic E-state index is 10.6. The number of rotatable bonds is 8. The third-order valence-corrected chi connectivity index (χ3v) is 3.94. The summed E-state index contributed by atoms with van der Waals surface area (Å²) in [6.07, 6.45) is -0.560. The van der Waals surface area contributed by atoms with Crippen LogP contribution in [0.1, 0.15) is 38.0 Å². The number of ether oxygens (including phenoxy) is 1. The van der Waals surface area contributed by atoms with Crippen LogP contribution in [0.4, 0.5) is 0 Å². The number of alkyl halides is 1. The highest BCUT2D eigenvalue weighted by atomic mass is 35.5. The maximum Gasteiger partial charge on any atom is 0.120 e. The van der Waals surface area contributed by atoms with Crippen molar-refractivity contribution in [3.05, 3.63) is 65.7 Å². The second-order valence-electron chi connectivity index (χ2n) is 7.21. The van der Waals surface area contributed by atoms with Crippen LogP contribution in [0.25, 0.3) is 0 Å². The van der Waals surface area contributed by atoms with Gasteiger partial charge in [0.15, 0.2) is 0 Å². The maximum atomic E-state index is 10.6. The molecule has 0 heterocycles. The Balaban J connectivity index is 1.98. The molecule has 2 aromatic rings. The van der Waals surface area contributed by atoms with Crippen LogP contribution >= 0.6 is 11.6 Å². The fraction of sp³-hybridized carbons (Fsp3) is 0.429. The first-order valence-electron chi connectivity index (χ1n) is 8.66. The van der Waals surface area contributed by atoms with Gasteiger partial charge in [0.25, 0.3) is 0 Å². The molecule has 2 aromatic carbocycles. The highest BCUT2D eigenvalue weighted by Gasteiger charge is 2.15. The van der Waals surface area contributed by atoms with Gasteiger partial charge in [-0.15, -0.1) is 11.6 Å². The number of benzene rings is 2. The molecule has 1 atom stereocenters. The minimum Gasteiger partial charge on any atom is -0.488 e. The molecule has 25 heavy (non-hydrogen) atoms. The van der Waals surface area contributed by atoms with Crippen molar-refractivity contribution < 1.29 is 9.84 Å². The zero-order chi connectivity index (χ0) is 18.3. The Morgan fingerprint density at radius 3 is 2.24 bits per heavy atom. The molecular formula is C21H28ClNO2. The van der Waals surface area contributed by atoms with E-state index < -0.39 is 6.10 Å². The summed E-state index contributed by atoms with van der Waals surface area (Å²) in [7, 11) is 0. The fourth-order valence-corrected chi connectivity index (χ4v) is 2.90. The highest BCUT2D eigenvalue weighted by Crippen LogP contribution is 2.22. The number of nitrogens with zero attached hydrogens (tertiary/aromatic N) is 1. The lowest BCUT2D eigenvalue weighted by Crippen LogP contribution is -2.30. The van der Waals surface area contributed by atoms with Crippen molar-refractivity contribution >= 4 is 11.6 Å². The van der Waals surface area contributed by atoms with E-state index in [-0.39, 0.29) is 5.60 Å². The van der Waals surface area contributed by atoms with E-state index in [1.54, 1.807) is 0 Å². The Labute approximate surface area is 156 Å². The summed E-state index contributed by atoms with van der Waals surface area (Å²) in [5, 5.41) is 10.6. The predicted octanol–water partition coefficient (Wildman–Crippen LogP) is 4.64. The zero-order valence-electron chi connectivity index (χ0n) is 15.3. The lowest BCUT2D eigenvalue weighted by molar-refractivity contribution is 0.112. The van der Waals surface area contributed by atoms with Crippen molar-refractivity contribution in [2.45, 2.75) is 39.0 Å². The van der Waals surface area contributed by atoms with Crippen molar-refractivity contribution in [2.24, 2.45) is 0 Å². The quantitative estimate of drug-likeness (QED) is 0.695. The molecule has 4 heteroatoms. The van der Waals surface area contributed by atoms with Gasteiger partial charge >= 0.3 is 0 Å². The zero-order valence-corrected chi connectivity index (χ0v) is 16.0. The summed E-state index contributed by atoms with van der Waals surface area (Å²) in [5.41, 5.74) is 1.87. The molecule has 0 bridgehead atoms. The van der Waals surface area contributed by atoms with Gasteiger partial charge < -0.3 is 9.84 Å². The number of aliphatic hydroxyl groups excluding tert-OH is 1. The Kier molecular flexibility index (Phi) is 7.30. The fourth-order valence-electron chi connectivity index (χ4n) is 2.66. The van der Waals surface area contributed by atoms with Gasteiger partial charge in [-0.3, -0.25) is 4.90 Å². The van der Waals surface area contributed by atoms with Gasteiger partial charge in [0.05, 0.1) is 6.10 Å². The Morgan fingerprint density at radius 2 is 1.68 bits per heavy atom. The standard InChI is InChI=1S/C21H28ClNO2/c1-21(2,3)25-19-11-9-18(10-12-19)20(24)16-23(14-13-22)15-17-7-5-4-6-8-17/h4-12,20,24H,13-16H2,1-3H3. The molecule has 0 saturated heterocycles. The van der Waals surface area contributed by atoms with Crippen molar-refractivity contribution in [3.63, 3.8) is 0 Å². The summed E-state index contributed by atoms with van der Waals surface area (Å²) in [5.74, 6) is 1.35. The Morgan fingerprint density at radius 1 is 1.04 bits per heavy atom. The van der Waals surface area contributed by atoms with E-state index in [1.807, 2.05) is 63.2 Å². The van der Waals surface area contributed by atoms with Crippen LogP contribution in [-0.2, 0) is 6.54 Å². The first kappa shape index (κ1) is 19.8. The van der Waals surface area contributed by atoms with Gasteiger partial charge in [-0.1, -0.05) is 42.5 Å². The molecule has 0 spiro atoms. The highest BCUT2D eigenvalue weighted by molar-refractivity contribution is 6.18. The van der Waals surface area contributed by atoms with Gasteiger partial charge in [0, 0.05) is 25.5 Å². The number of hydrogen-bond donors (Lipinski definition) is 1. The molecule has 0 saturated carbocycles. The minimum atomic E-state index is -0.560. The molecule has 0 fully saturated rings. The Hall–Kier alpha value is -1.55. The van der Waals surface area contributed by atoms with Crippen molar-refractivity contribution in [3.8, 4) is 5.75 Å².